The Labute approximate surface area is 588 Å². The highest BCUT2D eigenvalue weighted by molar-refractivity contribution is 6.19. The van der Waals surface area contributed by atoms with Crippen molar-refractivity contribution in [3.63, 3.8) is 0 Å². The molecule has 0 aliphatic carbocycles. The second-order valence-electron chi connectivity index (χ2n) is 25.5. The first kappa shape index (κ1) is 60.6. The van der Waals surface area contributed by atoms with E-state index in [1.165, 1.54) is 60.1 Å². The molecule has 7 heteroatoms. The molecule has 0 aliphatic rings. The van der Waals surface area contributed by atoms with E-state index in [0.717, 1.165) is 128 Å². The minimum Gasteiger partial charge on any atom is -0.456 e. The second-order valence-corrected chi connectivity index (χ2v) is 25.5. The Balaban J connectivity index is 0.000000113. The van der Waals surface area contributed by atoms with Crippen LogP contribution in [0, 0.1) is 0 Å². The third-order valence-electron chi connectivity index (χ3n) is 19.2. The van der Waals surface area contributed by atoms with Gasteiger partial charge in [-0.2, -0.15) is 0 Å². The van der Waals surface area contributed by atoms with Gasteiger partial charge in [0.2, 0.25) is 0 Å². The van der Waals surface area contributed by atoms with E-state index in [1.807, 2.05) is 103 Å². The van der Waals surface area contributed by atoms with Crippen LogP contribution in [0.15, 0.2) is 383 Å². The lowest BCUT2D eigenvalue weighted by molar-refractivity contribution is 0.668. The van der Waals surface area contributed by atoms with Gasteiger partial charge in [-0.15, -0.1) is 0 Å². The van der Waals surface area contributed by atoms with Crippen LogP contribution in [0.5, 0.6) is 0 Å². The van der Waals surface area contributed by atoms with Gasteiger partial charge in [0.05, 0.1) is 27.8 Å². The minimum atomic E-state index is 0.866. The van der Waals surface area contributed by atoms with E-state index in [-0.39, 0.29) is 0 Å². The number of furan rings is 3. The lowest BCUT2D eigenvalue weighted by Crippen LogP contribution is -1.94. The summed E-state index contributed by atoms with van der Waals surface area (Å²) in [5.41, 5.74) is 22.7. The molecule has 0 saturated carbocycles. The van der Waals surface area contributed by atoms with Gasteiger partial charge in [-0.05, 0) is 187 Å². The number of hydrogen-bond donors (Lipinski definition) is 3. The zero-order valence-electron chi connectivity index (χ0n) is 55.4. The molecule has 20 rings (SSSR count). The number of nitrogens with zero attached hydrogens (tertiary/aromatic N) is 1. The summed E-state index contributed by atoms with van der Waals surface area (Å²) in [4.78, 5) is 4.53. The smallest absolute Gasteiger partial charge is 0.145 e. The van der Waals surface area contributed by atoms with Crippen molar-refractivity contribution in [1.29, 1.82) is 0 Å². The van der Waals surface area contributed by atoms with Crippen molar-refractivity contribution in [2.24, 2.45) is 0 Å². The third kappa shape index (κ3) is 11.7. The Kier molecular flexibility index (Phi) is 15.8. The monoisotopic (exact) mass is 1310 g/mol. The number of pyridine rings is 1. The maximum atomic E-state index is 6.60. The van der Waals surface area contributed by atoms with Crippen molar-refractivity contribution in [2.75, 3.05) is 16.0 Å². The molecule has 0 spiro atoms. The Morgan fingerprint density at radius 2 is 0.765 bits per heavy atom. The summed E-state index contributed by atoms with van der Waals surface area (Å²) in [7, 11) is 0. The standard InChI is InChI=1S/C40H27NO.C32H21NO.C23H16N2O/c1-2-12-28(13-3-1)33-17-6-7-18-34(33)35-23-24-37(39-36-19-8-9-20-38(36)42-40(35)39)41-32-16-10-15-30(26-32)31-22-21-27-11-4-5-14-29(27)25-31;1-2-11-23(12-3-1)33-29-19-22(20-31-32(29)27-16-8-9-17-30(27)34-31)28-18-21-10-4-5-13-24(21)25-14-6-7-15-26(25)28;1-2-8-16(9-3-1)25-21-14-18-17-10-4-5-12-22(17)26-23(18)15-19(21)20-11-6-7-13-24-20/h1-26,41H;1-20,33H;1-15,25H. The summed E-state index contributed by atoms with van der Waals surface area (Å²) in [5.74, 6) is 0. The molecule has 4 aromatic heterocycles. The van der Waals surface area contributed by atoms with Crippen LogP contribution in [-0.4, -0.2) is 4.98 Å². The molecule has 7 nitrogen and oxygen atoms in total. The van der Waals surface area contributed by atoms with Gasteiger partial charge in [-0.1, -0.05) is 249 Å². The van der Waals surface area contributed by atoms with Gasteiger partial charge in [-0.25, -0.2) is 0 Å². The van der Waals surface area contributed by atoms with Gasteiger partial charge in [0, 0.05) is 61.6 Å². The fraction of sp³-hybridized carbons (Fsp3) is 0. The molecule has 0 aliphatic heterocycles. The lowest BCUT2D eigenvalue weighted by Gasteiger charge is -2.14. The van der Waals surface area contributed by atoms with Crippen LogP contribution < -0.4 is 16.0 Å². The van der Waals surface area contributed by atoms with Crippen LogP contribution in [0.3, 0.4) is 0 Å². The van der Waals surface area contributed by atoms with Crippen molar-refractivity contribution >= 4 is 132 Å². The number of nitrogens with one attached hydrogen (secondary N) is 3. The third-order valence-corrected chi connectivity index (χ3v) is 19.2. The molecule has 102 heavy (non-hydrogen) atoms. The molecule has 0 bridgehead atoms. The largest absolute Gasteiger partial charge is 0.456 e. The van der Waals surface area contributed by atoms with Crippen molar-refractivity contribution in [2.45, 2.75) is 0 Å². The normalized spacial score (nSPS) is 11.3. The number of para-hydroxylation sites is 5. The van der Waals surface area contributed by atoms with Crippen LogP contribution in [0.25, 0.3) is 154 Å². The zero-order chi connectivity index (χ0) is 67.7. The highest BCUT2D eigenvalue weighted by atomic mass is 16.3. The minimum absolute atomic E-state index is 0.866. The predicted octanol–water partition coefficient (Wildman–Crippen LogP) is 27.2. The van der Waals surface area contributed by atoms with Gasteiger partial charge >= 0.3 is 0 Å². The Hall–Kier alpha value is -13.8. The first-order valence-corrected chi connectivity index (χ1v) is 34.4. The summed E-state index contributed by atoms with van der Waals surface area (Å²) < 4.78 is 19.0. The quantitative estimate of drug-likeness (QED) is 0.111. The maximum absolute atomic E-state index is 6.60. The molecule has 0 amide bonds. The first-order chi connectivity index (χ1) is 50.5. The number of fused-ring (bicyclic) bond motifs is 13. The average Bonchev–Trinajstić information content (AvgIpc) is 1.60. The van der Waals surface area contributed by atoms with E-state index in [2.05, 4.69) is 288 Å². The zero-order valence-corrected chi connectivity index (χ0v) is 55.4. The van der Waals surface area contributed by atoms with Crippen LogP contribution in [0.2, 0.25) is 0 Å². The summed E-state index contributed by atoms with van der Waals surface area (Å²) in [6.45, 7) is 0. The lowest BCUT2D eigenvalue weighted by atomic mass is 9.92. The summed E-state index contributed by atoms with van der Waals surface area (Å²) >= 11 is 0. The number of benzene rings is 16. The Bertz CT molecular complexity index is 6480. The predicted molar refractivity (Wildman–Crippen MR) is 428 cm³/mol. The molecule has 0 radical (unpaired) electrons. The van der Waals surface area contributed by atoms with Crippen molar-refractivity contribution in [1.82, 2.24) is 4.98 Å². The van der Waals surface area contributed by atoms with Crippen LogP contribution in [0.1, 0.15) is 0 Å². The van der Waals surface area contributed by atoms with E-state index in [9.17, 15) is 0 Å². The van der Waals surface area contributed by atoms with E-state index in [0.29, 0.717) is 0 Å². The summed E-state index contributed by atoms with van der Waals surface area (Å²) in [6.07, 6.45) is 1.81. The van der Waals surface area contributed by atoms with Crippen LogP contribution >= 0.6 is 0 Å². The van der Waals surface area contributed by atoms with E-state index in [4.69, 9.17) is 13.3 Å². The molecule has 0 unspecified atom stereocenters. The van der Waals surface area contributed by atoms with Crippen LogP contribution in [-0.2, 0) is 0 Å². The molecule has 482 valence electrons. The molecular weight excluding hydrogens is 1250 g/mol. The molecule has 20 aromatic rings. The molecular formula is C95H64N4O3. The van der Waals surface area contributed by atoms with Crippen molar-refractivity contribution in [3.8, 4) is 55.8 Å². The van der Waals surface area contributed by atoms with E-state index >= 15 is 0 Å². The topological polar surface area (TPSA) is 88.4 Å². The van der Waals surface area contributed by atoms with Crippen molar-refractivity contribution < 1.29 is 13.3 Å². The molecule has 0 fully saturated rings. The number of anilines is 6. The Morgan fingerprint density at radius 3 is 1.51 bits per heavy atom. The fourth-order valence-corrected chi connectivity index (χ4v) is 14.4. The van der Waals surface area contributed by atoms with Gasteiger partial charge in [0.25, 0.3) is 0 Å². The molecule has 3 N–H and O–H groups in total. The molecule has 16 aromatic carbocycles. The van der Waals surface area contributed by atoms with Crippen molar-refractivity contribution in [3.05, 3.63) is 370 Å². The number of rotatable bonds is 11. The molecule has 4 heterocycles. The van der Waals surface area contributed by atoms with Gasteiger partial charge in [0.15, 0.2) is 0 Å². The number of hydrogen-bond acceptors (Lipinski definition) is 7. The highest BCUT2D eigenvalue weighted by Crippen LogP contribution is 2.46. The SMILES string of the molecule is c1ccc(-c2ccccc2-c2ccc(Nc3cccc(-c4ccc5ccccc5c4)c3)c3c2oc2ccccc23)cc1.c1ccc(Nc2cc(-c3cc4ccccc4c4ccccc34)cc3oc4ccccc4c23)cc1.c1ccc(Nc2cc3c(cc2-c2ccccn2)oc2ccccc23)cc1. The fourth-order valence-electron chi connectivity index (χ4n) is 14.4. The molecule has 0 saturated heterocycles. The Morgan fingerprint density at radius 1 is 0.216 bits per heavy atom. The summed E-state index contributed by atoms with van der Waals surface area (Å²) in [5, 5.41) is 25.0. The molecule has 0 atom stereocenters. The van der Waals surface area contributed by atoms with E-state index < -0.39 is 0 Å². The van der Waals surface area contributed by atoms with E-state index in [1.54, 1.807) is 0 Å². The van der Waals surface area contributed by atoms with Gasteiger partial charge in [0.1, 0.15) is 33.5 Å². The average molecular weight is 1310 g/mol. The highest BCUT2D eigenvalue weighted by Gasteiger charge is 2.21. The second kappa shape index (κ2) is 26.6. The summed E-state index contributed by atoms with van der Waals surface area (Å²) in [6, 6.07) is 127. The van der Waals surface area contributed by atoms with Gasteiger partial charge < -0.3 is 29.2 Å². The maximum Gasteiger partial charge on any atom is 0.145 e. The first-order valence-electron chi connectivity index (χ1n) is 34.4. The van der Waals surface area contributed by atoms with Gasteiger partial charge in [-0.3, -0.25) is 4.98 Å². The van der Waals surface area contributed by atoms with Crippen LogP contribution in [0.4, 0.5) is 34.1 Å². The number of aromatic nitrogens is 1.